The van der Waals surface area contributed by atoms with Gasteiger partial charge in [0.25, 0.3) is 5.91 Å². The first-order chi connectivity index (χ1) is 10.2. The summed E-state index contributed by atoms with van der Waals surface area (Å²) in [6.07, 6.45) is 2.59. The molecule has 0 bridgehead atoms. The summed E-state index contributed by atoms with van der Waals surface area (Å²) in [4.78, 5) is 12.2. The molecule has 2 aromatic rings. The Morgan fingerprint density at radius 1 is 1.14 bits per heavy atom. The van der Waals surface area contributed by atoms with Gasteiger partial charge >= 0.3 is 0 Å². The lowest BCUT2D eigenvalue weighted by molar-refractivity contribution is 0.102. The standard InChI is InChI=1S/C18H20N2O/c1-13-3-2-4-15(11-13)18(21)20-17-7-5-14(6-8-17)12-19-16-9-10-16/h2-8,11,16,19H,9-10,12H2,1H3,(H,20,21). The van der Waals surface area contributed by atoms with Crippen LogP contribution < -0.4 is 10.6 Å². The number of benzene rings is 2. The molecule has 2 aromatic carbocycles. The van der Waals surface area contributed by atoms with Gasteiger partial charge < -0.3 is 10.6 Å². The van der Waals surface area contributed by atoms with Crippen molar-refractivity contribution in [1.82, 2.24) is 5.32 Å². The van der Waals surface area contributed by atoms with Crippen LogP contribution in [0.4, 0.5) is 5.69 Å². The third-order valence-electron chi connectivity index (χ3n) is 3.66. The van der Waals surface area contributed by atoms with Crippen LogP contribution in [0.25, 0.3) is 0 Å². The molecule has 1 fully saturated rings. The zero-order chi connectivity index (χ0) is 14.7. The third-order valence-corrected chi connectivity index (χ3v) is 3.66. The molecule has 21 heavy (non-hydrogen) atoms. The SMILES string of the molecule is Cc1cccc(C(=O)Nc2ccc(CNC3CC3)cc2)c1. The molecule has 0 saturated heterocycles. The predicted molar refractivity (Wildman–Crippen MR) is 85.4 cm³/mol. The van der Waals surface area contributed by atoms with Gasteiger partial charge in [-0.05, 0) is 49.6 Å². The number of carbonyl (C=O) groups excluding carboxylic acids is 1. The highest BCUT2D eigenvalue weighted by Gasteiger charge is 2.19. The summed E-state index contributed by atoms with van der Waals surface area (Å²) in [7, 11) is 0. The van der Waals surface area contributed by atoms with Gasteiger partial charge in [0.05, 0.1) is 0 Å². The minimum atomic E-state index is -0.0671. The van der Waals surface area contributed by atoms with Gasteiger partial charge in [0, 0.05) is 23.8 Å². The molecular weight excluding hydrogens is 260 g/mol. The lowest BCUT2D eigenvalue weighted by atomic mass is 10.1. The maximum atomic E-state index is 12.2. The Morgan fingerprint density at radius 2 is 1.90 bits per heavy atom. The van der Waals surface area contributed by atoms with Gasteiger partial charge in [-0.1, -0.05) is 29.8 Å². The molecule has 0 unspecified atom stereocenters. The smallest absolute Gasteiger partial charge is 0.255 e. The molecule has 0 heterocycles. The third kappa shape index (κ3) is 3.92. The molecule has 0 radical (unpaired) electrons. The topological polar surface area (TPSA) is 41.1 Å². The van der Waals surface area contributed by atoms with Crippen LogP contribution in [0.5, 0.6) is 0 Å². The Morgan fingerprint density at radius 3 is 2.57 bits per heavy atom. The number of aryl methyl sites for hydroxylation is 1. The van der Waals surface area contributed by atoms with Crippen LogP contribution in [0.3, 0.4) is 0 Å². The van der Waals surface area contributed by atoms with Crippen LogP contribution in [-0.2, 0) is 6.54 Å². The minimum absolute atomic E-state index is 0.0671. The van der Waals surface area contributed by atoms with Crippen LogP contribution in [0.2, 0.25) is 0 Å². The van der Waals surface area contributed by atoms with Gasteiger partial charge in [-0.3, -0.25) is 4.79 Å². The summed E-state index contributed by atoms with van der Waals surface area (Å²) in [5.74, 6) is -0.0671. The zero-order valence-electron chi connectivity index (χ0n) is 12.2. The van der Waals surface area contributed by atoms with Crippen LogP contribution >= 0.6 is 0 Å². The minimum Gasteiger partial charge on any atom is -0.322 e. The second-order valence-electron chi connectivity index (χ2n) is 5.68. The summed E-state index contributed by atoms with van der Waals surface area (Å²) in [5, 5.41) is 6.41. The van der Waals surface area contributed by atoms with E-state index < -0.39 is 0 Å². The predicted octanol–water partition coefficient (Wildman–Crippen LogP) is 3.50. The molecule has 0 atom stereocenters. The van der Waals surface area contributed by atoms with Crippen molar-refractivity contribution >= 4 is 11.6 Å². The van der Waals surface area contributed by atoms with E-state index in [0.717, 1.165) is 17.8 Å². The molecule has 0 aromatic heterocycles. The number of carbonyl (C=O) groups is 1. The molecule has 0 aliphatic heterocycles. The highest BCUT2D eigenvalue weighted by Crippen LogP contribution is 2.19. The van der Waals surface area contributed by atoms with Crippen LogP contribution in [-0.4, -0.2) is 11.9 Å². The van der Waals surface area contributed by atoms with E-state index in [1.54, 1.807) is 0 Å². The van der Waals surface area contributed by atoms with Crippen LogP contribution in [0.1, 0.15) is 34.3 Å². The van der Waals surface area contributed by atoms with Gasteiger partial charge in [0.1, 0.15) is 0 Å². The summed E-state index contributed by atoms with van der Waals surface area (Å²) >= 11 is 0. The quantitative estimate of drug-likeness (QED) is 0.880. The summed E-state index contributed by atoms with van der Waals surface area (Å²) in [5.41, 5.74) is 3.85. The highest BCUT2D eigenvalue weighted by atomic mass is 16.1. The summed E-state index contributed by atoms with van der Waals surface area (Å²) in [6, 6.07) is 16.3. The van der Waals surface area contributed by atoms with Crippen molar-refractivity contribution in [2.75, 3.05) is 5.32 Å². The molecular formula is C18H20N2O. The lowest BCUT2D eigenvalue weighted by Crippen LogP contribution is -2.15. The van der Waals surface area contributed by atoms with Gasteiger partial charge in [-0.25, -0.2) is 0 Å². The first-order valence-electron chi connectivity index (χ1n) is 7.41. The molecule has 108 valence electrons. The van der Waals surface area contributed by atoms with Gasteiger partial charge in [0.2, 0.25) is 0 Å². The van der Waals surface area contributed by atoms with Crippen LogP contribution in [0, 0.1) is 6.92 Å². The van der Waals surface area contributed by atoms with E-state index in [1.807, 2.05) is 43.3 Å². The van der Waals surface area contributed by atoms with E-state index in [0.29, 0.717) is 11.6 Å². The largest absolute Gasteiger partial charge is 0.322 e. The molecule has 3 rings (SSSR count). The van der Waals surface area contributed by atoms with Crippen LogP contribution in [0.15, 0.2) is 48.5 Å². The van der Waals surface area contributed by atoms with E-state index >= 15 is 0 Å². The highest BCUT2D eigenvalue weighted by molar-refractivity contribution is 6.04. The van der Waals surface area contributed by atoms with Crippen molar-refractivity contribution < 1.29 is 4.79 Å². The molecule has 3 heteroatoms. The number of rotatable bonds is 5. The number of nitrogens with one attached hydrogen (secondary N) is 2. The Balaban J connectivity index is 1.60. The average Bonchev–Trinajstić information content (AvgIpc) is 3.31. The van der Waals surface area contributed by atoms with Crippen molar-refractivity contribution in [2.45, 2.75) is 32.4 Å². The van der Waals surface area contributed by atoms with E-state index in [9.17, 15) is 4.79 Å². The van der Waals surface area contributed by atoms with E-state index in [2.05, 4.69) is 22.8 Å². The van der Waals surface area contributed by atoms with Gasteiger partial charge in [-0.2, -0.15) is 0 Å². The molecule has 1 aliphatic rings. The molecule has 3 nitrogen and oxygen atoms in total. The molecule has 1 saturated carbocycles. The fourth-order valence-corrected chi connectivity index (χ4v) is 2.25. The van der Waals surface area contributed by atoms with Gasteiger partial charge in [-0.15, -0.1) is 0 Å². The van der Waals surface area contributed by atoms with E-state index in [1.165, 1.54) is 18.4 Å². The number of anilines is 1. The summed E-state index contributed by atoms with van der Waals surface area (Å²) in [6.45, 7) is 2.88. The monoisotopic (exact) mass is 280 g/mol. The average molecular weight is 280 g/mol. The molecule has 1 aliphatic carbocycles. The van der Waals surface area contributed by atoms with Crippen molar-refractivity contribution in [3.8, 4) is 0 Å². The maximum Gasteiger partial charge on any atom is 0.255 e. The van der Waals surface area contributed by atoms with E-state index in [4.69, 9.17) is 0 Å². The first kappa shape index (κ1) is 13.8. The normalized spacial score (nSPS) is 14.0. The van der Waals surface area contributed by atoms with Crippen molar-refractivity contribution in [3.05, 3.63) is 65.2 Å². The van der Waals surface area contributed by atoms with E-state index in [-0.39, 0.29) is 5.91 Å². The van der Waals surface area contributed by atoms with Crippen molar-refractivity contribution in [1.29, 1.82) is 0 Å². The lowest BCUT2D eigenvalue weighted by Gasteiger charge is -2.08. The molecule has 0 spiro atoms. The van der Waals surface area contributed by atoms with Crippen molar-refractivity contribution in [2.24, 2.45) is 0 Å². The molecule has 2 N–H and O–H groups in total. The Bertz CT molecular complexity index is 630. The zero-order valence-corrected chi connectivity index (χ0v) is 12.2. The Hall–Kier alpha value is -2.13. The van der Waals surface area contributed by atoms with Crippen molar-refractivity contribution in [3.63, 3.8) is 0 Å². The second kappa shape index (κ2) is 6.10. The number of hydrogen-bond acceptors (Lipinski definition) is 2. The fraction of sp³-hybridized carbons (Fsp3) is 0.278. The number of amides is 1. The Kier molecular flexibility index (Phi) is 4.02. The number of hydrogen-bond donors (Lipinski definition) is 2. The van der Waals surface area contributed by atoms with Gasteiger partial charge in [0.15, 0.2) is 0 Å². The molecule has 1 amide bonds. The Labute approximate surface area is 125 Å². The second-order valence-corrected chi connectivity index (χ2v) is 5.68. The summed E-state index contributed by atoms with van der Waals surface area (Å²) < 4.78 is 0. The maximum absolute atomic E-state index is 12.2. The first-order valence-corrected chi connectivity index (χ1v) is 7.41. The fourth-order valence-electron chi connectivity index (χ4n) is 2.25.